The van der Waals surface area contributed by atoms with Crippen LogP contribution in [0.15, 0.2) is 54.6 Å². The third-order valence-electron chi connectivity index (χ3n) is 3.49. The molecule has 3 rings (SSSR count). The van der Waals surface area contributed by atoms with Crippen molar-refractivity contribution in [2.45, 2.75) is 0 Å². The Balaban J connectivity index is 2.17. The molecule has 0 radical (unpaired) electrons. The van der Waals surface area contributed by atoms with Crippen LogP contribution in [0.3, 0.4) is 0 Å². The molecule has 0 spiro atoms. The highest BCUT2D eigenvalue weighted by Crippen LogP contribution is 2.36. The van der Waals surface area contributed by atoms with Gasteiger partial charge in [-0.15, -0.1) is 0 Å². The number of nitrogens with one attached hydrogen (secondary N) is 1. The number of carbonyl (C=O) groups is 1. The van der Waals surface area contributed by atoms with Gasteiger partial charge in [0.25, 0.3) is 5.69 Å². The number of urea groups is 1. The van der Waals surface area contributed by atoms with Gasteiger partial charge in [0.2, 0.25) is 0 Å². The third kappa shape index (κ3) is 2.59. The summed E-state index contributed by atoms with van der Waals surface area (Å²) in [4.78, 5) is 24.3. The lowest BCUT2D eigenvalue weighted by molar-refractivity contribution is -0.385. The van der Waals surface area contributed by atoms with Crippen LogP contribution in [-0.2, 0) is 0 Å². The number of anilines is 1. The van der Waals surface area contributed by atoms with Gasteiger partial charge in [-0.25, -0.2) is 4.79 Å². The molecule has 7 nitrogen and oxygen atoms in total. The molecule has 116 valence electrons. The van der Waals surface area contributed by atoms with Gasteiger partial charge in [-0.1, -0.05) is 24.3 Å². The first-order chi connectivity index (χ1) is 11.1. The molecule has 2 aromatic rings. The minimum Gasteiger partial charge on any atom is -0.506 e. The number of rotatable bonds is 3. The van der Waals surface area contributed by atoms with Crippen molar-refractivity contribution in [1.82, 2.24) is 5.32 Å². The van der Waals surface area contributed by atoms with Gasteiger partial charge in [0.05, 0.1) is 21.9 Å². The summed E-state index contributed by atoms with van der Waals surface area (Å²) in [5.74, 6) is -0.0889. The molecule has 0 atom stereocenters. The number of nitro groups is 1. The summed E-state index contributed by atoms with van der Waals surface area (Å²) in [6.07, 6.45) is 1.68. The molecule has 0 saturated heterocycles. The molecule has 23 heavy (non-hydrogen) atoms. The molecule has 0 fully saturated rings. The van der Waals surface area contributed by atoms with Crippen molar-refractivity contribution in [2.24, 2.45) is 0 Å². The standard InChI is InChI=1S/C16H13N3O4/c20-15-8-4-3-7-14(15)18-12(9-10-17-16(18)21)11-5-1-2-6-13(11)19(22)23/h1-9,20H,10H2,(H,17,21). The fourth-order valence-electron chi connectivity index (χ4n) is 2.49. The molecular weight excluding hydrogens is 298 g/mol. The van der Waals surface area contributed by atoms with E-state index in [4.69, 9.17) is 0 Å². The van der Waals surface area contributed by atoms with E-state index in [9.17, 15) is 20.0 Å². The van der Waals surface area contributed by atoms with E-state index in [1.165, 1.54) is 17.0 Å². The van der Waals surface area contributed by atoms with Gasteiger partial charge in [0, 0.05) is 12.6 Å². The highest BCUT2D eigenvalue weighted by Gasteiger charge is 2.29. The van der Waals surface area contributed by atoms with Crippen LogP contribution in [0, 0.1) is 10.1 Å². The molecule has 7 heteroatoms. The Hall–Kier alpha value is -3.35. The van der Waals surface area contributed by atoms with Crippen LogP contribution in [0.1, 0.15) is 5.56 Å². The van der Waals surface area contributed by atoms with Crippen LogP contribution in [0.2, 0.25) is 0 Å². The summed E-state index contributed by atoms with van der Waals surface area (Å²) in [5, 5.41) is 23.9. The second-order valence-electron chi connectivity index (χ2n) is 4.87. The lowest BCUT2D eigenvalue weighted by Gasteiger charge is -2.29. The Morgan fingerprint density at radius 2 is 1.83 bits per heavy atom. The first-order valence-electron chi connectivity index (χ1n) is 6.89. The number of hydrogen-bond donors (Lipinski definition) is 2. The van der Waals surface area contributed by atoms with E-state index in [1.54, 1.807) is 42.5 Å². The number of amides is 2. The number of nitrogens with zero attached hydrogens (tertiary/aromatic N) is 2. The molecule has 1 aliphatic heterocycles. The second kappa shape index (κ2) is 5.80. The molecular formula is C16H13N3O4. The van der Waals surface area contributed by atoms with E-state index in [1.807, 2.05) is 0 Å². The Bertz CT molecular complexity index is 816. The SMILES string of the molecule is O=C1NCC=C(c2ccccc2[N+](=O)[O-])N1c1ccccc1O. The average Bonchev–Trinajstić information content (AvgIpc) is 2.55. The summed E-state index contributed by atoms with van der Waals surface area (Å²) in [6.45, 7) is 0.254. The average molecular weight is 311 g/mol. The predicted octanol–water partition coefficient (Wildman–Crippen LogP) is 2.87. The van der Waals surface area contributed by atoms with E-state index in [2.05, 4.69) is 5.32 Å². The highest BCUT2D eigenvalue weighted by molar-refractivity contribution is 6.08. The topological polar surface area (TPSA) is 95.7 Å². The number of phenolic OH excluding ortho intramolecular Hbond substituents is 1. The van der Waals surface area contributed by atoms with Crippen LogP contribution in [0.25, 0.3) is 5.70 Å². The van der Waals surface area contributed by atoms with Gasteiger partial charge in [-0.2, -0.15) is 0 Å². The van der Waals surface area contributed by atoms with Gasteiger partial charge in [-0.05, 0) is 24.3 Å². The lowest BCUT2D eigenvalue weighted by atomic mass is 10.1. The van der Waals surface area contributed by atoms with Crippen molar-refractivity contribution in [1.29, 1.82) is 0 Å². The number of para-hydroxylation sites is 3. The maximum Gasteiger partial charge on any atom is 0.326 e. The summed E-state index contributed by atoms with van der Waals surface area (Å²) in [7, 11) is 0. The van der Waals surface area contributed by atoms with Crippen molar-refractivity contribution >= 4 is 23.1 Å². The first kappa shape index (κ1) is 14.6. The fraction of sp³-hybridized carbons (Fsp3) is 0.0625. The maximum atomic E-state index is 12.3. The van der Waals surface area contributed by atoms with Crippen molar-refractivity contribution in [3.05, 3.63) is 70.3 Å². The minimum atomic E-state index is -0.494. The smallest absolute Gasteiger partial charge is 0.326 e. The Labute approximate surface area is 131 Å². The van der Waals surface area contributed by atoms with E-state index in [-0.39, 0.29) is 23.7 Å². The van der Waals surface area contributed by atoms with Gasteiger partial charge >= 0.3 is 6.03 Å². The Kier molecular flexibility index (Phi) is 3.68. The molecule has 0 unspecified atom stereocenters. The molecule has 0 bridgehead atoms. The Morgan fingerprint density at radius 3 is 2.57 bits per heavy atom. The van der Waals surface area contributed by atoms with Crippen LogP contribution >= 0.6 is 0 Å². The number of hydrogen-bond acceptors (Lipinski definition) is 4. The number of aromatic hydroxyl groups is 1. The van der Waals surface area contributed by atoms with Crippen LogP contribution in [0.5, 0.6) is 5.75 Å². The molecule has 1 heterocycles. The minimum absolute atomic E-state index is 0.0889. The summed E-state index contributed by atoms with van der Waals surface area (Å²) in [5.41, 5.74) is 0.834. The highest BCUT2D eigenvalue weighted by atomic mass is 16.6. The van der Waals surface area contributed by atoms with Crippen LogP contribution < -0.4 is 10.2 Å². The second-order valence-corrected chi connectivity index (χ2v) is 4.87. The van der Waals surface area contributed by atoms with E-state index >= 15 is 0 Å². The number of phenols is 1. The largest absolute Gasteiger partial charge is 0.506 e. The van der Waals surface area contributed by atoms with Crippen molar-refractivity contribution in [3.8, 4) is 5.75 Å². The monoisotopic (exact) mass is 311 g/mol. The van der Waals surface area contributed by atoms with E-state index in [0.29, 0.717) is 11.3 Å². The van der Waals surface area contributed by atoms with E-state index in [0.717, 1.165) is 0 Å². The van der Waals surface area contributed by atoms with Crippen molar-refractivity contribution in [2.75, 3.05) is 11.4 Å². The van der Waals surface area contributed by atoms with Crippen LogP contribution in [0.4, 0.5) is 16.2 Å². The summed E-state index contributed by atoms with van der Waals surface area (Å²) < 4.78 is 0. The molecule has 2 amide bonds. The van der Waals surface area contributed by atoms with Gasteiger partial charge in [-0.3, -0.25) is 15.0 Å². The molecule has 0 aromatic heterocycles. The molecule has 0 aliphatic carbocycles. The zero-order valence-electron chi connectivity index (χ0n) is 12.0. The Morgan fingerprint density at radius 1 is 1.13 bits per heavy atom. The number of benzene rings is 2. The summed E-state index contributed by atoms with van der Waals surface area (Å²) in [6, 6.07) is 12.1. The quantitative estimate of drug-likeness (QED) is 0.673. The van der Waals surface area contributed by atoms with Crippen LogP contribution in [-0.4, -0.2) is 22.6 Å². The van der Waals surface area contributed by atoms with Crippen molar-refractivity contribution in [3.63, 3.8) is 0 Å². The summed E-state index contributed by atoms with van der Waals surface area (Å²) >= 11 is 0. The van der Waals surface area contributed by atoms with Crippen molar-refractivity contribution < 1.29 is 14.8 Å². The fourth-order valence-corrected chi connectivity index (χ4v) is 2.49. The van der Waals surface area contributed by atoms with Gasteiger partial charge in [0.1, 0.15) is 5.75 Å². The first-order valence-corrected chi connectivity index (χ1v) is 6.89. The lowest BCUT2D eigenvalue weighted by Crippen LogP contribution is -2.42. The maximum absolute atomic E-state index is 12.3. The molecule has 2 N–H and O–H groups in total. The zero-order valence-corrected chi connectivity index (χ0v) is 12.0. The van der Waals surface area contributed by atoms with E-state index < -0.39 is 11.0 Å². The molecule has 2 aromatic carbocycles. The third-order valence-corrected chi connectivity index (χ3v) is 3.49. The predicted molar refractivity (Wildman–Crippen MR) is 85.1 cm³/mol. The normalized spacial score (nSPS) is 14.2. The molecule has 0 saturated carbocycles. The number of carbonyl (C=O) groups excluding carboxylic acids is 1. The van der Waals surface area contributed by atoms with Gasteiger partial charge in [0.15, 0.2) is 0 Å². The number of nitro benzene ring substituents is 1. The van der Waals surface area contributed by atoms with Gasteiger partial charge < -0.3 is 10.4 Å². The zero-order chi connectivity index (χ0) is 16.4. The molecule has 1 aliphatic rings.